The van der Waals surface area contributed by atoms with Crippen LogP contribution in [0.15, 0.2) is 24.3 Å². The Morgan fingerprint density at radius 1 is 1.28 bits per heavy atom. The second kappa shape index (κ2) is 6.64. The fourth-order valence-electron chi connectivity index (χ4n) is 1.45. The van der Waals surface area contributed by atoms with Crippen molar-refractivity contribution < 1.29 is 9.59 Å². The molecule has 0 fully saturated rings. The molecule has 0 unspecified atom stereocenters. The van der Waals surface area contributed by atoms with Gasteiger partial charge in [0.25, 0.3) is 0 Å². The highest BCUT2D eigenvalue weighted by Gasteiger charge is 2.08. The van der Waals surface area contributed by atoms with Gasteiger partial charge in [-0.1, -0.05) is 32.0 Å². The largest absolute Gasteiger partial charge is 0.369 e. The number of nitrogens with one attached hydrogen (secondary N) is 2. The van der Waals surface area contributed by atoms with E-state index in [-0.39, 0.29) is 12.5 Å². The zero-order valence-electron chi connectivity index (χ0n) is 10.7. The van der Waals surface area contributed by atoms with Crippen LogP contribution in [-0.4, -0.2) is 18.5 Å². The lowest BCUT2D eigenvalue weighted by molar-refractivity contribution is -0.117. The summed E-state index contributed by atoms with van der Waals surface area (Å²) in [7, 11) is 0. The number of para-hydroxylation sites is 1. The molecule has 0 saturated carbocycles. The van der Waals surface area contributed by atoms with Gasteiger partial charge in [0.15, 0.2) is 0 Å². The zero-order valence-corrected chi connectivity index (χ0v) is 10.7. The normalized spacial score (nSPS) is 10.2. The van der Waals surface area contributed by atoms with Gasteiger partial charge in [-0.05, 0) is 17.5 Å². The van der Waals surface area contributed by atoms with E-state index in [0.29, 0.717) is 23.7 Å². The van der Waals surface area contributed by atoms with Gasteiger partial charge in [0.2, 0.25) is 5.91 Å². The highest BCUT2D eigenvalue weighted by Crippen LogP contribution is 2.15. The first kappa shape index (κ1) is 14.0. The molecule has 0 aromatic heterocycles. The fraction of sp³-hybridized carbons (Fsp3) is 0.385. The predicted octanol–water partition coefficient (Wildman–Crippen LogP) is 1.49. The molecular formula is C13H19N3O2. The van der Waals surface area contributed by atoms with Crippen molar-refractivity contribution in [2.45, 2.75) is 20.3 Å². The van der Waals surface area contributed by atoms with Crippen LogP contribution in [0.5, 0.6) is 0 Å². The van der Waals surface area contributed by atoms with Gasteiger partial charge in [0.1, 0.15) is 0 Å². The molecule has 3 amide bonds. The monoisotopic (exact) mass is 249 g/mol. The van der Waals surface area contributed by atoms with Crippen LogP contribution in [-0.2, 0) is 11.2 Å². The number of amides is 3. The molecule has 0 atom stereocenters. The molecule has 0 aliphatic rings. The first-order valence-electron chi connectivity index (χ1n) is 5.90. The molecule has 4 N–H and O–H groups in total. The summed E-state index contributed by atoms with van der Waals surface area (Å²) < 4.78 is 0. The van der Waals surface area contributed by atoms with Gasteiger partial charge in [0, 0.05) is 12.2 Å². The van der Waals surface area contributed by atoms with Gasteiger partial charge in [-0.2, -0.15) is 0 Å². The Kier molecular flexibility index (Phi) is 5.17. The van der Waals surface area contributed by atoms with Crippen molar-refractivity contribution in [1.82, 2.24) is 5.32 Å². The maximum Gasteiger partial charge on any atom is 0.319 e. The third kappa shape index (κ3) is 4.86. The Morgan fingerprint density at radius 2 is 1.94 bits per heavy atom. The van der Waals surface area contributed by atoms with Gasteiger partial charge in [0.05, 0.1) is 6.42 Å². The smallest absolute Gasteiger partial charge is 0.319 e. The van der Waals surface area contributed by atoms with Crippen molar-refractivity contribution in [3.63, 3.8) is 0 Å². The van der Waals surface area contributed by atoms with Crippen LogP contribution < -0.4 is 16.4 Å². The standard InChI is InChI=1S/C13H19N3O2/c1-9(2)8-15-13(18)16-11-6-4-3-5-10(11)7-12(14)17/h3-6,9H,7-8H2,1-2H3,(H2,14,17)(H2,15,16,18). The van der Waals surface area contributed by atoms with Gasteiger partial charge in [-0.3, -0.25) is 4.79 Å². The number of hydrogen-bond donors (Lipinski definition) is 3. The summed E-state index contributed by atoms with van der Waals surface area (Å²) >= 11 is 0. The minimum atomic E-state index is -0.424. The van der Waals surface area contributed by atoms with Crippen LogP contribution in [0, 0.1) is 5.92 Å². The first-order valence-corrected chi connectivity index (χ1v) is 5.90. The Labute approximate surface area is 107 Å². The van der Waals surface area contributed by atoms with E-state index in [4.69, 9.17) is 5.73 Å². The number of urea groups is 1. The van der Waals surface area contributed by atoms with E-state index in [0.717, 1.165) is 0 Å². The van der Waals surface area contributed by atoms with Crippen LogP contribution >= 0.6 is 0 Å². The van der Waals surface area contributed by atoms with Gasteiger partial charge >= 0.3 is 6.03 Å². The summed E-state index contributed by atoms with van der Waals surface area (Å²) in [5.41, 5.74) is 6.48. The van der Waals surface area contributed by atoms with Gasteiger partial charge in [-0.25, -0.2) is 4.79 Å². The molecule has 0 saturated heterocycles. The molecule has 5 nitrogen and oxygen atoms in total. The number of carbonyl (C=O) groups excluding carboxylic acids is 2. The molecule has 1 aromatic carbocycles. The maximum atomic E-state index is 11.6. The van der Waals surface area contributed by atoms with Crippen molar-refractivity contribution in [3.8, 4) is 0 Å². The highest BCUT2D eigenvalue weighted by molar-refractivity contribution is 5.91. The molecule has 1 aromatic rings. The second-order valence-corrected chi connectivity index (χ2v) is 4.53. The van der Waals surface area contributed by atoms with Crippen molar-refractivity contribution in [2.24, 2.45) is 11.7 Å². The summed E-state index contributed by atoms with van der Waals surface area (Å²) in [5.74, 6) is -0.0385. The Balaban J connectivity index is 2.65. The summed E-state index contributed by atoms with van der Waals surface area (Å²) in [6.45, 7) is 4.63. The van der Waals surface area contributed by atoms with E-state index in [2.05, 4.69) is 10.6 Å². The second-order valence-electron chi connectivity index (χ2n) is 4.53. The zero-order chi connectivity index (χ0) is 13.5. The third-order valence-electron chi connectivity index (χ3n) is 2.30. The Morgan fingerprint density at radius 3 is 2.56 bits per heavy atom. The topological polar surface area (TPSA) is 84.2 Å². The summed E-state index contributed by atoms with van der Waals surface area (Å²) in [5, 5.41) is 5.46. The van der Waals surface area contributed by atoms with Crippen LogP contribution in [0.4, 0.5) is 10.5 Å². The quantitative estimate of drug-likeness (QED) is 0.738. The number of rotatable bonds is 5. The summed E-state index contributed by atoms with van der Waals surface area (Å²) in [6.07, 6.45) is 0.112. The molecule has 0 spiro atoms. The minimum absolute atomic E-state index is 0.112. The molecule has 0 radical (unpaired) electrons. The van der Waals surface area contributed by atoms with Gasteiger partial charge in [-0.15, -0.1) is 0 Å². The van der Waals surface area contributed by atoms with Crippen LogP contribution in [0.3, 0.4) is 0 Å². The Bertz CT molecular complexity index is 430. The lowest BCUT2D eigenvalue weighted by Crippen LogP contribution is -2.32. The number of anilines is 1. The highest BCUT2D eigenvalue weighted by atomic mass is 16.2. The molecule has 5 heteroatoms. The maximum absolute atomic E-state index is 11.6. The first-order chi connectivity index (χ1) is 8.49. The average Bonchev–Trinajstić information content (AvgIpc) is 2.28. The minimum Gasteiger partial charge on any atom is -0.369 e. The molecule has 0 bridgehead atoms. The molecule has 0 aliphatic carbocycles. The van der Waals surface area contributed by atoms with E-state index in [1.165, 1.54) is 0 Å². The van der Waals surface area contributed by atoms with Crippen LogP contribution in [0.1, 0.15) is 19.4 Å². The molecule has 1 rings (SSSR count). The molecule has 0 heterocycles. The number of primary amides is 1. The molecule has 0 aliphatic heterocycles. The van der Waals surface area contributed by atoms with Crippen LogP contribution in [0.25, 0.3) is 0 Å². The van der Waals surface area contributed by atoms with E-state index < -0.39 is 5.91 Å². The summed E-state index contributed by atoms with van der Waals surface area (Å²) in [4.78, 5) is 22.5. The van der Waals surface area contributed by atoms with Crippen molar-refractivity contribution in [1.29, 1.82) is 0 Å². The molecule has 18 heavy (non-hydrogen) atoms. The molecular weight excluding hydrogens is 230 g/mol. The Hall–Kier alpha value is -2.04. The lowest BCUT2D eigenvalue weighted by atomic mass is 10.1. The van der Waals surface area contributed by atoms with Crippen LogP contribution in [0.2, 0.25) is 0 Å². The van der Waals surface area contributed by atoms with E-state index in [1.54, 1.807) is 24.3 Å². The molecule has 98 valence electrons. The number of nitrogens with two attached hydrogens (primary N) is 1. The number of hydrogen-bond acceptors (Lipinski definition) is 2. The lowest BCUT2D eigenvalue weighted by Gasteiger charge is -2.12. The van der Waals surface area contributed by atoms with E-state index in [9.17, 15) is 9.59 Å². The van der Waals surface area contributed by atoms with E-state index >= 15 is 0 Å². The predicted molar refractivity (Wildman–Crippen MR) is 71.2 cm³/mol. The van der Waals surface area contributed by atoms with Crippen molar-refractivity contribution in [2.75, 3.05) is 11.9 Å². The summed E-state index contributed by atoms with van der Waals surface area (Å²) in [6, 6.07) is 6.83. The van der Waals surface area contributed by atoms with Gasteiger partial charge < -0.3 is 16.4 Å². The van der Waals surface area contributed by atoms with E-state index in [1.807, 2.05) is 13.8 Å². The average molecular weight is 249 g/mol. The number of carbonyl (C=O) groups is 2. The SMILES string of the molecule is CC(C)CNC(=O)Nc1ccccc1CC(N)=O. The number of benzene rings is 1. The van der Waals surface area contributed by atoms with Crippen molar-refractivity contribution in [3.05, 3.63) is 29.8 Å². The third-order valence-corrected chi connectivity index (χ3v) is 2.30. The van der Waals surface area contributed by atoms with Crippen molar-refractivity contribution >= 4 is 17.6 Å². The fourth-order valence-corrected chi connectivity index (χ4v) is 1.45.